The molecule has 144 heavy (non-hydrogen) atoms. The van der Waals surface area contributed by atoms with Crippen LogP contribution in [0.3, 0.4) is 0 Å². The van der Waals surface area contributed by atoms with Crippen molar-refractivity contribution in [3.05, 3.63) is 481 Å². The number of hydrogen-bond acceptors (Lipinski definition) is 10. The maximum absolute atomic E-state index is 7.14. The summed E-state index contributed by atoms with van der Waals surface area (Å²) < 4.78 is 28.5. The van der Waals surface area contributed by atoms with Crippen LogP contribution in [0, 0.1) is 0 Å². The van der Waals surface area contributed by atoms with E-state index in [-0.39, 0.29) is 0 Å². The van der Waals surface area contributed by atoms with E-state index in [1.807, 2.05) is 23.5 Å². The minimum Gasteiger partial charge on any atom is -0.433 e. The fourth-order valence-electron chi connectivity index (χ4n) is 20.7. The summed E-state index contributed by atoms with van der Waals surface area (Å²) in [6.07, 6.45) is 17.6. The second-order valence-electron chi connectivity index (χ2n) is 40.0. The summed E-state index contributed by atoms with van der Waals surface area (Å²) in [6, 6.07) is 158. The third-order valence-corrected chi connectivity index (χ3v) is 52.6. The van der Waals surface area contributed by atoms with Crippen LogP contribution in [0.15, 0.2) is 456 Å². The van der Waals surface area contributed by atoms with Crippen LogP contribution in [0.2, 0.25) is 78.6 Å². The Bertz CT molecular complexity index is 7200. The van der Waals surface area contributed by atoms with Crippen molar-refractivity contribution in [3.8, 4) is 44.5 Å². The molecule has 0 atom stereocenters. The van der Waals surface area contributed by atoms with Gasteiger partial charge in [-0.05, 0) is 287 Å². The van der Waals surface area contributed by atoms with Gasteiger partial charge in [0.1, 0.15) is 0 Å². The van der Waals surface area contributed by atoms with Gasteiger partial charge in [-0.15, -0.1) is 0 Å². The van der Waals surface area contributed by atoms with Crippen molar-refractivity contribution in [1.29, 1.82) is 0 Å². The van der Waals surface area contributed by atoms with Gasteiger partial charge in [0.15, 0.2) is 0 Å². The van der Waals surface area contributed by atoms with E-state index >= 15 is 0 Å². The molecule has 0 spiro atoms. The third kappa shape index (κ3) is 20.7. The van der Waals surface area contributed by atoms with E-state index < -0.39 is 50.4 Å². The smallest absolute Gasteiger partial charge is 0.311 e. The molecule has 0 saturated carbocycles. The molecule has 4 heterocycles. The minimum atomic E-state index is -2.55. The second kappa shape index (κ2) is 40.6. The molecule has 0 fully saturated rings. The van der Waals surface area contributed by atoms with Crippen molar-refractivity contribution in [1.82, 2.24) is 0 Å². The monoisotopic (exact) mass is 2000 g/mol. The van der Waals surface area contributed by atoms with E-state index in [0.717, 1.165) is 67.3 Å². The molecule has 0 bridgehead atoms. The molecule has 22 rings (SSSR count). The van der Waals surface area contributed by atoms with Crippen molar-refractivity contribution in [2.24, 2.45) is 0 Å². The van der Waals surface area contributed by atoms with Crippen LogP contribution in [-0.2, 0) is 16.5 Å². The average molecular weight is 2010 g/mol. The summed E-state index contributed by atoms with van der Waals surface area (Å²) >= 11 is 3.67. The first kappa shape index (κ1) is 96.1. The zero-order valence-electron chi connectivity index (χ0n) is 83.4. The van der Waals surface area contributed by atoms with Gasteiger partial charge in [-0.25, -0.2) is 0 Å². The van der Waals surface area contributed by atoms with Crippen LogP contribution in [-0.4, -0.2) is 50.4 Å². The predicted octanol–water partition coefficient (Wildman–Crippen LogP) is 34.7. The molecule has 4 aliphatic rings. The number of hydrogen-bond donors (Lipinski definition) is 0. The summed E-state index contributed by atoms with van der Waals surface area (Å²) in [4.78, 5) is 14.6. The van der Waals surface area contributed by atoms with Crippen molar-refractivity contribution in [2.45, 2.75) is 98.1 Å². The van der Waals surface area contributed by atoms with Crippen LogP contribution in [0.5, 0.6) is 0 Å². The topological polar surface area (TPSA) is 49.9 Å². The maximum Gasteiger partial charge on any atom is 0.311 e. The van der Waals surface area contributed by atoms with Crippen LogP contribution < -0.4 is 40.3 Å². The van der Waals surface area contributed by atoms with Gasteiger partial charge in [0.2, 0.25) is 33.3 Å². The number of nitrogens with zero attached hydrogens (tertiary/aromatic N) is 4. The summed E-state index contributed by atoms with van der Waals surface area (Å²) in [5.41, 5.74) is 33.3. The summed E-state index contributed by atoms with van der Waals surface area (Å²) in [5, 5.41) is 5.06. The van der Waals surface area contributed by atoms with E-state index in [1.165, 1.54) is 130 Å². The molecule has 0 radical (unpaired) electrons. The van der Waals surface area contributed by atoms with Crippen molar-refractivity contribution in [2.75, 3.05) is 19.6 Å². The Morgan fingerprint density at radius 3 is 0.493 bits per heavy atom. The third-order valence-electron chi connectivity index (χ3n) is 27.4. The zero-order chi connectivity index (χ0) is 98.9. The lowest BCUT2D eigenvalue weighted by Gasteiger charge is -2.39. The molecule has 0 N–H and O–H groups in total. The lowest BCUT2D eigenvalue weighted by molar-refractivity contribution is 0.399. The minimum absolute atomic E-state index is 1.13. The van der Waals surface area contributed by atoms with Gasteiger partial charge in [-0.1, -0.05) is 388 Å². The highest BCUT2D eigenvalue weighted by atomic mass is 32.2. The van der Waals surface area contributed by atoms with Gasteiger partial charge >= 0.3 is 17.1 Å². The van der Waals surface area contributed by atoms with Crippen LogP contribution in [0.1, 0.15) is 44.5 Å². The molecule has 0 amide bonds. The molecule has 4 aliphatic heterocycles. The zero-order valence-corrected chi connectivity index (χ0v) is 91.1. The van der Waals surface area contributed by atoms with E-state index in [4.69, 9.17) is 16.5 Å². The molecule has 16 heteroatoms. The molecule has 0 saturated heterocycles. The summed E-state index contributed by atoms with van der Waals surface area (Å²) in [6.45, 7) is 27.2. The molecule has 18 aromatic carbocycles. The fourth-order valence-corrected chi connectivity index (χ4v) is 49.3. The highest BCUT2D eigenvalue weighted by molar-refractivity contribution is 8.00. The Hall–Kier alpha value is -14.0. The highest BCUT2D eigenvalue weighted by Crippen LogP contribution is 2.56. The number of fused-ring (bicyclic) bond motifs is 14. The first-order chi connectivity index (χ1) is 69.8. The van der Waals surface area contributed by atoms with E-state index in [2.05, 4.69) is 584 Å². The Morgan fingerprint density at radius 2 is 0.306 bits per heavy atom. The largest absolute Gasteiger partial charge is 0.433 e. The van der Waals surface area contributed by atoms with Gasteiger partial charge in [0.25, 0.3) is 0 Å². The maximum atomic E-state index is 7.14. The Morgan fingerprint density at radius 1 is 0.160 bits per heavy atom. The van der Waals surface area contributed by atoms with Crippen molar-refractivity contribution >= 4 is 212 Å². The standard InChI is InChI=1S/C70H62N2O2Si3.C58H54N2O2S2Si3/c1-75(2,57-47-39-53(40-48-57)33-31-51-35-43-55(44-36-51)71-67-27-15-11-23-63(67)59-19-7-8-20-60(59)64-24-12-16-28-68(64)71)73-77(5,6)74-76(3,4)58-49-41-54(42-50-58)34-32-52-37-45-56(46-38-52)72-69-29-17-13-25-65(69)61-21-9-10-22-62(61)66-26-14-18-30-70(66)72;1-65(2,49-39-31-45(32-40-49)25-23-43-27-35-47(36-28-43)59-51-15-7-11-19-55(51)63-56-20-12-8-16-52(56)59)61-67(5,6)62-66(3,4)50-41-33-46(34-42-50)26-24-44-29-37-48(38-30-44)60-53-17-9-13-21-57(53)64-58-22-14-10-18-54(58)60/h7-50H,1-6H3;7-42H,1-6H3/b33-31+,34-32+;25-23+,26-24+. The summed E-state index contributed by atoms with van der Waals surface area (Å²) in [5.74, 6) is 0. The Kier molecular flexibility index (Phi) is 27.1. The van der Waals surface area contributed by atoms with E-state index in [9.17, 15) is 0 Å². The molecular formula is C128H116N4O4S2Si6. The second-order valence-corrected chi connectivity index (χ2v) is 65.4. The molecule has 8 nitrogen and oxygen atoms in total. The number of para-hydroxylation sites is 8. The fraction of sp³-hybridized carbons (Fsp3) is 0.0938. The first-order valence-electron chi connectivity index (χ1n) is 49.6. The Labute approximate surface area is 864 Å². The van der Waals surface area contributed by atoms with Gasteiger partial charge in [-0.3, -0.25) is 0 Å². The number of benzene rings is 18. The lowest BCUT2D eigenvalue weighted by atomic mass is 9.95. The van der Waals surface area contributed by atoms with Gasteiger partial charge < -0.3 is 36.1 Å². The number of rotatable bonds is 24. The normalized spacial score (nSPS) is 13.3. The van der Waals surface area contributed by atoms with E-state index in [0.29, 0.717) is 0 Å². The Balaban J connectivity index is 0.000000171. The lowest BCUT2D eigenvalue weighted by Crippen LogP contribution is -2.59. The average Bonchev–Trinajstić information content (AvgIpc) is 1.72. The molecule has 708 valence electrons. The van der Waals surface area contributed by atoms with Crippen LogP contribution in [0.4, 0.5) is 68.2 Å². The molecule has 0 unspecified atom stereocenters. The van der Waals surface area contributed by atoms with Gasteiger partial charge in [-0.2, -0.15) is 0 Å². The van der Waals surface area contributed by atoms with E-state index in [1.54, 1.807) is 0 Å². The highest BCUT2D eigenvalue weighted by Gasteiger charge is 2.44. The predicted molar refractivity (Wildman–Crippen MR) is 631 cm³/mol. The SMILES string of the molecule is C[Si](C)(O[Si](C)(C)c1ccc(/C=C/c2ccc(N3c4ccccc4-c4ccccc4-c4ccccc43)cc2)cc1)O[Si](C)(C)c1ccc(/C=C/c2ccc(N3c4ccccc4-c4ccccc4-c4ccccc43)cc2)cc1.C[Si](C)(O[Si](C)(C)c1ccc(/C=C/c2ccc(N3c4ccccc4Sc4ccccc43)cc2)cc1)O[Si](C)(C)c1ccc(/C=C/c2ccc(N3c4ccccc4Sc4ccccc43)cc2)cc1. The molecule has 0 aromatic heterocycles. The first-order valence-corrected chi connectivity index (χ1v) is 68.5. The van der Waals surface area contributed by atoms with Gasteiger partial charge in [0, 0.05) is 64.6 Å². The van der Waals surface area contributed by atoms with Crippen LogP contribution in [0.25, 0.3) is 93.1 Å². The molecule has 18 aromatic rings. The van der Waals surface area contributed by atoms with Gasteiger partial charge in [0.05, 0.1) is 45.5 Å². The molecule has 0 aliphatic carbocycles. The summed E-state index contributed by atoms with van der Waals surface area (Å²) in [7, 11) is -14.3. The van der Waals surface area contributed by atoms with Crippen molar-refractivity contribution in [3.63, 3.8) is 0 Å². The van der Waals surface area contributed by atoms with Crippen LogP contribution >= 0.6 is 23.5 Å². The number of anilines is 12. The van der Waals surface area contributed by atoms with Crippen molar-refractivity contribution < 1.29 is 16.5 Å². The quantitative estimate of drug-likeness (QED) is 0.0432. The molecular weight excluding hydrogens is 1890 g/mol.